The first-order valence-corrected chi connectivity index (χ1v) is 8.90. The molecule has 4 nitrogen and oxygen atoms in total. The van der Waals surface area contributed by atoms with Crippen LogP contribution < -0.4 is 5.73 Å². The molecule has 0 aromatic heterocycles. The van der Waals surface area contributed by atoms with Gasteiger partial charge < -0.3 is 10.5 Å². The lowest BCUT2D eigenvalue weighted by molar-refractivity contribution is -0.155. The number of rotatable bonds is 6. The van der Waals surface area contributed by atoms with Crippen molar-refractivity contribution in [2.24, 2.45) is 22.5 Å². The van der Waals surface area contributed by atoms with E-state index < -0.39 is 6.04 Å². The highest BCUT2D eigenvalue weighted by molar-refractivity contribution is 5.78. The van der Waals surface area contributed by atoms with E-state index in [2.05, 4.69) is 39.5 Å². The molecule has 128 valence electrons. The van der Waals surface area contributed by atoms with Gasteiger partial charge in [-0.05, 0) is 56.0 Å². The Morgan fingerprint density at radius 2 is 1.86 bits per heavy atom. The maximum Gasteiger partial charge on any atom is 0.324 e. The van der Waals surface area contributed by atoms with Crippen LogP contribution in [0, 0.1) is 16.7 Å². The van der Waals surface area contributed by atoms with Crippen molar-refractivity contribution in [3.05, 3.63) is 0 Å². The highest BCUT2D eigenvalue weighted by Gasteiger charge is 2.72. The fourth-order valence-electron chi connectivity index (χ4n) is 5.69. The van der Waals surface area contributed by atoms with E-state index in [1.54, 1.807) is 0 Å². The van der Waals surface area contributed by atoms with Crippen LogP contribution in [0.2, 0.25) is 0 Å². The molecule has 0 spiro atoms. The second-order valence-electron chi connectivity index (χ2n) is 7.82. The smallest absolute Gasteiger partial charge is 0.324 e. The van der Waals surface area contributed by atoms with Gasteiger partial charge in [0.2, 0.25) is 0 Å². The third kappa shape index (κ3) is 1.99. The van der Waals surface area contributed by atoms with Crippen molar-refractivity contribution in [2.75, 3.05) is 19.7 Å². The minimum Gasteiger partial charge on any atom is -0.465 e. The summed E-state index contributed by atoms with van der Waals surface area (Å²) in [6, 6.07) is -0.568. The fourth-order valence-corrected chi connectivity index (χ4v) is 5.69. The first-order chi connectivity index (χ1) is 10.2. The van der Waals surface area contributed by atoms with E-state index in [0.717, 1.165) is 25.9 Å². The highest BCUT2D eigenvalue weighted by atomic mass is 16.5. The zero-order valence-electron chi connectivity index (χ0n) is 15.2. The molecule has 2 saturated carbocycles. The Hall–Kier alpha value is -0.610. The van der Waals surface area contributed by atoms with Gasteiger partial charge in [-0.25, -0.2) is 0 Å². The van der Waals surface area contributed by atoms with Crippen LogP contribution in [0.4, 0.5) is 0 Å². The maximum absolute atomic E-state index is 12.5. The van der Waals surface area contributed by atoms with Gasteiger partial charge in [0.25, 0.3) is 0 Å². The predicted molar refractivity (Wildman–Crippen MR) is 89.5 cm³/mol. The van der Waals surface area contributed by atoms with Crippen molar-refractivity contribution >= 4 is 5.97 Å². The van der Waals surface area contributed by atoms with E-state index in [1.165, 1.54) is 6.42 Å². The number of carbonyl (C=O) groups excluding carboxylic acids is 1. The molecule has 2 aliphatic carbocycles. The summed E-state index contributed by atoms with van der Waals surface area (Å²) < 4.78 is 5.31. The summed E-state index contributed by atoms with van der Waals surface area (Å²) in [5.74, 6) is 0.401. The summed E-state index contributed by atoms with van der Waals surface area (Å²) in [7, 11) is 0. The molecule has 0 radical (unpaired) electrons. The van der Waals surface area contributed by atoms with Crippen molar-refractivity contribution in [2.45, 2.75) is 72.4 Å². The Bertz CT molecular complexity index is 433. The van der Waals surface area contributed by atoms with E-state index in [9.17, 15) is 4.79 Å². The number of carbonyl (C=O) groups is 1. The molecule has 0 unspecified atom stereocenters. The van der Waals surface area contributed by atoms with Crippen molar-refractivity contribution in [3.63, 3.8) is 0 Å². The third-order valence-electron chi connectivity index (χ3n) is 7.33. The summed E-state index contributed by atoms with van der Waals surface area (Å²) in [5, 5.41) is 0. The maximum atomic E-state index is 12.5. The molecule has 4 heteroatoms. The lowest BCUT2D eigenvalue weighted by Gasteiger charge is -2.56. The zero-order chi connectivity index (χ0) is 16.8. The minimum atomic E-state index is -0.568. The van der Waals surface area contributed by atoms with E-state index >= 15 is 0 Å². The quantitative estimate of drug-likeness (QED) is 0.767. The number of fused-ring (bicyclic) bond motifs is 2. The van der Waals surface area contributed by atoms with Crippen LogP contribution in [-0.4, -0.2) is 42.1 Å². The second-order valence-corrected chi connectivity index (χ2v) is 7.82. The number of likely N-dealkylation sites (N-methyl/N-ethyl adjacent to an activating group) is 1. The standard InChI is InChI=1S/C18H34N2O2/c1-7-20(8-2)18(14(19)15(21)22-9-3)12-13-10-11-17(18,6)16(13,4)5/h13-14H,7-12,19H2,1-6H3/t13-,14+,17+,18-/m0/s1. The molecule has 0 saturated heterocycles. The van der Waals surface area contributed by atoms with E-state index in [1.807, 2.05) is 6.92 Å². The fraction of sp³-hybridized carbons (Fsp3) is 0.944. The van der Waals surface area contributed by atoms with Gasteiger partial charge >= 0.3 is 5.97 Å². The van der Waals surface area contributed by atoms with Gasteiger partial charge in [-0.3, -0.25) is 9.69 Å². The molecule has 0 heterocycles. The monoisotopic (exact) mass is 310 g/mol. The van der Waals surface area contributed by atoms with Crippen molar-refractivity contribution < 1.29 is 9.53 Å². The van der Waals surface area contributed by atoms with Crippen LogP contribution >= 0.6 is 0 Å². The van der Waals surface area contributed by atoms with Crippen LogP contribution in [0.5, 0.6) is 0 Å². The first-order valence-electron chi connectivity index (χ1n) is 8.90. The zero-order valence-corrected chi connectivity index (χ0v) is 15.2. The molecular weight excluding hydrogens is 276 g/mol. The van der Waals surface area contributed by atoms with Gasteiger partial charge in [0.15, 0.2) is 0 Å². The number of nitrogens with two attached hydrogens (primary N) is 1. The minimum absolute atomic E-state index is 0.0445. The number of ether oxygens (including phenoxy) is 1. The molecule has 2 fully saturated rings. The predicted octanol–water partition coefficient (Wildman–Crippen LogP) is 2.80. The Balaban J connectivity index is 2.52. The Morgan fingerprint density at radius 3 is 2.23 bits per heavy atom. The van der Waals surface area contributed by atoms with Gasteiger partial charge in [0, 0.05) is 0 Å². The summed E-state index contributed by atoms with van der Waals surface area (Å²) in [5.41, 5.74) is 6.54. The largest absolute Gasteiger partial charge is 0.465 e. The topological polar surface area (TPSA) is 55.6 Å². The van der Waals surface area contributed by atoms with Crippen LogP contribution in [0.15, 0.2) is 0 Å². The Kier molecular flexibility index (Phi) is 4.67. The van der Waals surface area contributed by atoms with Crippen LogP contribution in [-0.2, 0) is 9.53 Å². The third-order valence-corrected chi connectivity index (χ3v) is 7.33. The van der Waals surface area contributed by atoms with Gasteiger partial charge in [-0.1, -0.05) is 34.6 Å². The Labute approximate surface area is 135 Å². The number of hydrogen-bond acceptors (Lipinski definition) is 4. The molecule has 2 rings (SSSR count). The molecule has 0 aromatic rings. The normalized spacial score (nSPS) is 37.5. The van der Waals surface area contributed by atoms with Crippen molar-refractivity contribution in [1.29, 1.82) is 0 Å². The number of nitrogens with zero attached hydrogens (tertiary/aromatic N) is 1. The van der Waals surface area contributed by atoms with E-state index in [-0.39, 0.29) is 22.3 Å². The molecular formula is C18H34N2O2. The summed E-state index contributed by atoms with van der Waals surface area (Å²) in [6.07, 6.45) is 3.41. The first kappa shape index (κ1) is 17.7. The lowest BCUT2D eigenvalue weighted by Crippen LogP contribution is -2.70. The summed E-state index contributed by atoms with van der Waals surface area (Å²) in [6.45, 7) is 15.5. The molecule has 22 heavy (non-hydrogen) atoms. The average molecular weight is 310 g/mol. The molecule has 4 atom stereocenters. The van der Waals surface area contributed by atoms with Crippen molar-refractivity contribution in [3.8, 4) is 0 Å². The number of esters is 1. The van der Waals surface area contributed by atoms with Gasteiger partial charge in [-0.15, -0.1) is 0 Å². The molecule has 2 bridgehead atoms. The SMILES string of the molecule is CCOC(=O)[C@@H](N)[C@@]1(N(CC)CC)C[C@@H]2CC[C@]1(C)C2(C)C. The second kappa shape index (κ2) is 5.79. The molecule has 0 aromatic carbocycles. The highest BCUT2D eigenvalue weighted by Crippen LogP contribution is 2.71. The average Bonchev–Trinajstić information content (AvgIpc) is 2.80. The van der Waals surface area contributed by atoms with Crippen molar-refractivity contribution in [1.82, 2.24) is 4.90 Å². The van der Waals surface area contributed by atoms with Crippen LogP contribution in [0.3, 0.4) is 0 Å². The van der Waals surface area contributed by atoms with Gasteiger partial charge in [0.1, 0.15) is 6.04 Å². The van der Waals surface area contributed by atoms with E-state index in [0.29, 0.717) is 12.5 Å². The van der Waals surface area contributed by atoms with Gasteiger partial charge in [-0.2, -0.15) is 0 Å². The molecule has 0 aliphatic heterocycles. The van der Waals surface area contributed by atoms with Gasteiger partial charge in [0.05, 0.1) is 12.1 Å². The van der Waals surface area contributed by atoms with Crippen LogP contribution in [0.25, 0.3) is 0 Å². The molecule has 0 amide bonds. The van der Waals surface area contributed by atoms with Crippen LogP contribution in [0.1, 0.15) is 60.8 Å². The number of hydrogen-bond donors (Lipinski definition) is 1. The lowest BCUT2D eigenvalue weighted by atomic mass is 9.59. The summed E-state index contributed by atoms with van der Waals surface area (Å²) >= 11 is 0. The van der Waals surface area contributed by atoms with E-state index in [4.69, 9.17) is 10.5 Å². The molecule has 2 aliphatic rings. The summed E-state index contributed by atoms with van der Waals surface area (Å²) in [4.78, 5) is 15.0. The Morgan fingerprint density at radius 1 is 1.27 bits per heavy atom. The molecule has 2 N–H and O–H groups in total.